The molecule has 3 aromatic rings. The Morgan fingerprint density at radius 1 is 1.05 bits per heavy atom. The second kappa shape index (κ2) is 10.4. The number of hydrogen-bond acceptors (Lipinski definition) is 6. The van der Waals surface area contributed by atoms with E-state index in [0.717, 1.165) is 81.1 Å². The van der Waals surface area contributed by atoms with Crippen molar-refractivity contribution in [2.45, 2.75) is 94.4 Å². The number of nitrogens with one attached hydrogen (secondary N) is 1. The molecule has 7 nitrogen and oxygen atoms in total. The molecule has 3 aliphatic rings. The number of benzene rings is 1. The molecule has 0 bridgehead atoms. The van der Waals surface area contributed by atoms with Gasteiger partial charge in [-0.2, -0.15) is 0 Å². The Kier molecular flexibility index (Phi) is 7.24. The Bertz CT molecular complexity index is 1590. The molecule has 1 saturated heterocycles. The van der Waals surface area contributed by atoms with E-state index in [9.17, 15) is 13.2 Å². The summed E-state index contributed by atoms with van der Waals surface area (Å²) in [5, 5.41) is 4.10. The molecule has 0 atom stereocenters. The van der Waals surface area contributed by atoms with E-state index < -0.39 is 9.84 Å². The van der Waals surface area contributed by atoms with Crippen molar-refractivity contribution in [2.24, 2.45) is 5.41 Å². The van der Waals surface area contributed by atoms with Crippen molar-refractivity contribution in [3.63, 3.8) is 0 Å². The van der Waals surface area contributed by atoms with Crippen LogP contribution in [0.15, 0.2) is 46.1 Å². The van der Waals surface area contributed by atoms with Crippen LogP contribution in [0.4, 0.5) is 11.5 Å². The van der Waals surface area contributed by atoms with Crippen LogP contribution in [0, 0.1) is 12.3 Å². The Morgan fingerprint density at radius 3 is 2.40 bits per heavy atom. The van der Waals surface area contributed by atoms with Crippen molar-refractivity contribution in [3.05, 3.63) is 57.3 Å². The lowest BCUT2D eigenvalue weighted by Crippen LogP contribution is -2.52. The number of rotatable bonds is 6. The molecule has 3 heterocycles. The number of aryl methyl sites for hydroxylation is 1. The summed E-state index contributed by atoms with van der Waals surface area (Å²) >= 11 is 6.28. The molecule has 2 saturated carbocycles. The number of aromatic nitrogens is 2. The minimum Gasteiger partial charge on any atom is -0.340 e. The van der Waals surface area contributed by atoms with E-state index in [4.69, 9.17) is 16.6 Å². The molecule has 0 unspecified atom stereocenters. The van der Waals surface area contributed by atoms with Gasteiger partial charge in [0.1, 0.15) is 16.5 Å². The number of likely N-dealkylation sites (tertiary alicyclic amines) is 1. The van der Waals surface area contributed by atoms with Crippen LogP contribution in [0.2, 0.25) is 5.02 Å². The fourth-order valence-corrected chi connectivity index (χ4v) is 9.42. The molecule has 2 aromatic heterocycles. The van der Waals surface area contributed by atoms with Crippen LogP contribution in [0.5, 0.6) is 0 Å². The van der Waals surface area contributed by atoms with Crippen molar-refractivity contribution in [2.75, 3.05) is 18.4 Å². The molecule has 1 spiro atoms. The quantitative estimate of drug-likeness (QED) is 0.350. The van der Waals surface area contributed by atoms with Gasteiger partial charge in [0.15, 0.2) is 9.84 Å². The normalized spacial score (nSPS) is 20.4. The topological polar surface area (TPSA) is 84.3 Å². The molecule has 40 heavy (non-hydrogen) atoms. The van der Waals surface area contributed by atoms with Crippen LogP contribution in [-0.4, -0.2) is 47.3 Å². The summed E-state index contributed by atoms with van der Waals surface area (Å²) in [4.78, 5) is 20.7. The summed E-state index contributed by atoms with van der Waals surface area (Å²) < 4.78 is 28.8. The van der Waals surface area contributed by atoms with Crippen LogP contribution < -0.4 is 10.9 Å². The number of anilines is 2. The predicted octanol–water partition coefficient (Wildman–Crippen LogP) is 6.64. The highest BCUT2D eigenvalue weighted by Gasteiger charge is 2.51. The smallest absolute Gasteiger partial charge is 0.271 e. The minimum absolute atomic E-state index is 0.107. The average Bonchev–Trinajstić information content (AvgIpc) is 3.44. The first-order valence-electron chi connectivity index (χ1n) is 14.6. The zero-order valence-electron chi connectivity index (χ0n) is 23.6. The standard InChI is InChI=1S/C31H39ClN4O3S/c1-20(2)35-14-12-31(13-15-35)18-25(19-31)40(38,39)24-9-10-27(21(3)16-24)33-28-11-8-22-17-26(32)30(37)36(29(22)34-28)23-6-4-5-7-23/h8-11,16-17,20,23,25H,4-7,12-15,18-19H2,1-3H3,(H,33,34). The van der Waals surface area contributed by atoms with Gasteiger partial charge in [-0.05, 0) is 120 Å². The van der Waals surface area contributed by atoms with Gasteiger partial charge in [-0.1, -0.05) is 24.4 Å². The number of nitrogens with zero attached hydrogens (tertiary/aromatic N) is 3. The van der Waals surface area contributed by atoms with Crippen molar-refractivity contribution < 1.29 is 8.42 Å². The zero-order valence-corrected chi connectivity index (χ0v) is 25.2. The van der Waals surface area contributed by atoms with Gasteiger partial charge in [-0.15, -0.1) is 0 Å². The van der Waals surface area contributed by atoms with Crippen LogP contribution >= 0.6 is 11.6 Å². The molecular weight excluding hydrogens is 544 g/mol. The maximum absolute atomic E-state index is 13.5. The number of hydrogen-bond donors (Lipinski definition) is 1. The van der Waals surface area contributed by atoms with Crippen LogP contribution in [0.25, 0.3) is 11.0 Å². The van der Waals surface area contributed by atoms with Gasteiger partial charge in [0.25, 0.3) is 5.56 Å². The number of pyridine rings is 2. The van der Waals surface area contributed by atoms with Crippen LogP contribution in [-0.2, 0) is 9.84 Å². The SMILES string of the molecule is Cc1cc(S(=O)(=O)C2CC3(CCN(C(C)C)CC3)C2)ccc1Nc1ccc2cc(Cl)c(=O)n(C3CCCC3)c2n1. The van der Waals surface area contributed by atoms with Crippen LogP contribution in [0.3, 0.4) is 0 Å². The summed E-state index contributed by atoms with van der Waals surface area (Å²) in [6.07, 6.45) is 7.82. The highest BCUT2D eigenvalue weighted by Crippen LogP contribution is 2.53. The van der Waals surface area contributed by atoms with E-state index in [2.05, 4.69) is 24.1 Å². The van der Waals surface area contributed by atoms with E-state index in [-0.39, 0.29) is 27.3 Å². The fourth-order valence-electron chi connectivity index (χ4n) is 7.08. The maximum atomic E-state index is 13.5. The molecule has 0 amide bonds. The lowest BCUT2D eigenvalue weighted by molar-refractivity contribution is 0.0246. The molecule has 214 valence electrons. The fraction of sp³-hybridized carbons (Fsp3) is 0.548. The second-order valence-electron chi connectivity index (χ2n) is 12.5. The Hall–Kier alpha value is -2.42. The van der Waals surface area contributed by atoms with Crippen molar-refractivity contribution in [3.8, 4) is 0 Å². The molecule has 1 N–H and O–H groups in total. The van der Waals surface area contributed by atoms with Gasteiger partial charge in [-0.3, -0.25) is 9.36 Å². The van der Waals surface area contributed by atoms with E-state index >= 15 is 0 Å². The van der Waals surface area contributed by atoms with Crippen molar-refractivity contribution >= 4 is 44.0 Å². The first-order chi connectivity index (χ1) is 19.1. The van der Waals surface area contributed by atoms with Gasteiger partial charge in [0, 0.05) is 23.2 Å². The second-order valence-corrected chi connectivity index (χ2v) is 15.2. The Labute approximate surface area is 241 Å². The van der Waals surface area contributed by atoms with Crippen molar-refractivity contribution in [1.29, 1.82) is 0 Å². The van der Waals surface area contributed by atoms with E-state index in [0.29, 0.717) is 22.4 Å². The average molecular weight is 583 g/mol. The summed E-state index contributed by atoms with van der Waals surface area (Å²) in [6.45, 7) is 8.51. The molecule has 3 fully saturated rings. The van der Waals surface area contributed by atoms with E-state index in [1.165, 1.54) is 0 Å². The number of halogens is 1. The third kappa shape index (κ3) is 4.96. The lowest BCUT2D eigenvalue weighted by atomic mass is 9.63. The summed E-state index contributed by atoms with van der Waals surface area (Å²) in [7, 11) is -3.38. The van der Waals surface area contributed by atoms with Gasteiger partial charge in [-0.25, -0.2) is 13.4 Å². The lowest BCUT2D eigenvalue weighted by Gasteiger charge is -2.52. The third-order valence-electron chi connectivity index (χ3n) is 9.67. The minimum atomic E-state index is -3.38. The molecule has 1 aromatic carbocycles. The maximum Gasteiger partial charge on any atom is 0.271 e. The summed E-state index contributed by atoms with van der Waals surface area (Å²) in [5.74, 6) is 0.605. The number of sulfone groups is 1. The van der Waals surface area contributed by atoms with Gasteiger partial charge in [0.05, 0.1) is 10.1 Å². The Balaban J connectivity index is 1.20. The molecule has 2 aliphatic carbocycles. The Morgan fingerprint density at radius 2 is 1.75 bits per heavy atom. The van der Waals surface area contributed by atoms with Crippen molar-refractivity contribution in [1.82, 2.24) is 14.5 Å². The largest absolute Gasteiger partial charge is 0.340 e. The molecule has 9 heteroatoms. The monoisotopic (exact) mass is 582 g/mol. The summed E-state index contributed by atoms with van der Waals surface area (Å²) in [5.41, 5.74) is 2.26. The first-order valence-corrected chi connectivity index (χ1v) is 16.6. The number of piperidine rings is 1. The third-order valence-corrected chi connectivity index (χ3v) is 12.1. The molecular formula is C31H39ClN4O3S. The highest BCUT2D eigenvalue weighted by molar-refractivity contribution is 7.92. The van der Waals surface area contributed by atoms with E-state index in [1.54, 1.807) is 22.8 Å². The van der Waals surface area contributed by atoms with Gasteiger partial charge in [0.2, 0.25) is 0 Å². The number of fused-ring (bicyclic) bond motifs is 1. The summed E-state index contributed by atoms with van der Waals surface area (Å²) in [6, 6.07) is 11.5. The first kappa shape index (κ1) is 27.7. The highest BCUT2D eigenvalue weighted by atomic mass is 35.5. The zero-order chi connectivity index (χ0) is 28.2. The van der Waals surface area contributed by atoms with E-state index in [1.807, 2.05) is 25.1 Å². The van der Waals surface area contributed by atoms with Crippen LogP contribution in [0.1, 0.15) is 76.8 Å². The predicted molar refractivity (Wildman–Crippen MR) is 162 cm³/mol. The molecule has 0 radical (unpaired) electrons. The van der Waals surface area contributed by atoms with Gasteiger partial charge >= 0.3 is 0 Å². The molecule has 6 rings (SSSR count). The molecule has 1 aliphatic heterocycles. The van der Waals surface area contributed by atoms with Gasteiger partial charge < -0.3 is 10.2 Å².